The fourth-order valence-electron chi connectivity index (χ4n) is 2.80. The predicted molar refractivity (Wildman–Crippen MR) is 95.6 cm³/mol. The average Bonchev–Trinajstić information content (AvgIpc) is 2.89. The zero-order valence-electron chi connectivity index (χ0n) is 14.4. The molecule has 1 aliphatic heterocycles. The van der Waals surface area contributed by atoms with Gasteiger partial charge in [0.15, 0.2) is 11.5 Å². The van der Waals surface area contributed by atoms with Crippen molar-refractivity contribution >= 4 is 11.9 Å². The highest BCUT2D eigenvalue weighted by Crippen LogP contribution is 2.30. The van der Waals surface area contributed by atoms with Crippen molar-refractivity contribution in [1.82, 2.24) is 5.32 Å². The minimum Gasteiger partial charge on any atom is -0.490 e. The van der Waals surface area contributed by atoms with Gasteiger partial charge in [-0.25, -0.2) is 4.79 Å². The van der Waals surface area contributed by atoms with Crippen molar-refractivity contribution in [2.75, 3.05) is 13.2 Å². The van der Waals surface area contributed by atoms with Crippen molar-refractivity contribution in [2.24, 2.45) is 0 Å². The first-order valence-corrected chi connectivity index (χ1v) is 8.60. The number of hydrogen-bond acceptors (Lipinski definition) is 4. The summed E-state index contributed by atoms with van der Waals surface area (Å²) in [7, 11) is 0. The lowest BCUT2D eigenvalue weighted by Gasteiger charge is -2.10. The maximum absolute atomic E-state index is 12.1. The summed E-state index contributed by atoms with van der Waals surface area (Å²) in [4.78, 5) is 23.3. The first-order chi connectivity index (χ1) is 12.6. The maximum Gasteiger partial charge on any atom is 0.335 e. The third-order valence-corrected chi connectivity index (χ3v) is 4.17. The van der Waals surface area contributed by atoms with E-state index >= 15 is 0 Å². The predicted octanol–water partition coefficient (Wildman–Crippen LogP) is 2.80. The van der Waals surface area contributed by atoms with Gasteiger partial charge in [-0.05, 0) is 35.7 Å². The molecule has 1 amide bonds. The van der Waals surface area contributed by atoms with Gasteiger partial charge < -0.3 is 19.9 Å². The van der Waals surface area contributed by atoms with E-state index in [0.29, 0.717) is 37.5 Å². The molecule has 3 rings (SSSR count). The molecule has 0 saturated heterocycles. The van der Waals surface area contributed by atoms with Gasteiger partial charge >= 0.3 is 5.97 Å². The Morgan fingerprint density at radius 2 is 1.81 bits per heavy atom. The maximum atomic E-state index is 12.1. The van der Waals surface area contributed by atoms with Crippen LogP contribution in [0.1, 0.15) is 34.3 Å². The molecule has 0 saturated carbocycles. The topological polar surface area (TPSA) is 84.9 Å². The number of carboxylic acids is 1. The van der Waals surface area contributed by atoms with Crippen molar-refractivity contribution in [3.8, 4) is 11.5 Å². The number of carbonyl (C=O) groups excluding carboxylic acids is 1. The van der Waals surface area contributed by atoms with Crippen LogP contribution in [-0.4, -0.2) is 30.2 Å². The van der Waals surface area contributed by atoms with Gasteiger partial charge in [-0.1, -0.05) is 24.3 Å². The van der Waals surface area contributed by atoms with Crippen LogP contribution in [-0.2, 0) is 17.8 Å². The van der Waals surface area contributed by atoms with Crippen LogP contribution < -0.4 is 14.8 Å². The van der Waals surface area contributed by atoms with Gasteiger partial charge in [-0.2, -0.15) is 0 Å². The lowest BCUT2D eigenvalue weighted by atomic mass is 10.0. The normalized spacial score (nSPS) is 12.9. The van der Waals surface area contributed by atoms with Crippen molar-refractivity contribution in [2.45, 2.75) is 25.8 Å². The molecule has 2 aromatic rings. The fraction of sp³-hybridized carbons (Fsp3) is 0.300. The van der Waals surface area contributed by atoms with E-state index in [1.54, 1.807) is 24.3 Å². The van der Waals surface area contributed by atoms with E-state index in [0.717, 1.165) is 17.7 Å². The van der Waals surface area contributed by atoms with Crippen LogP contribution in [0.5, 0.6) is 11.5 Å². The van der Waals surface area contributed by atoms with E-state index in [1.807, 2.05) is 18.2 Å². The van der Waals surface area contributed by atoms with E-state index < -0.39 is 5.97 Å². The SMILES string of the molecule is O=C(CCc1ccccc1C(=O)O)NCc1ccc2c(c1)OCCCO2. The molecule has 6 nitrogen and oxygen atoms in total. The number of fused-ring (bicyclic) bond motifs is 1. The van der Waals surface area contributed by atoms with Crippen LogP contribution in [0.2, 0.25) is 0 Å². The van der Waals surface area contributed by atoms with E-state index in [4.69, 9.17) is 9.47 Å². The third-order valence-electron chi connectivity index (χ3n) is 4.17. The smallest absolute Gasteiger partial charge is 0.335 e. The molecule has 0 atom stereocenters. The van der Waals surface area contributed by atoms with Crippen molar-refractivity contribution in [3.63, 3.8) is 0 Å². The zero-order valence-corrected chi connectivity index (χ0v) is 14.4. The number of benzene rings is 2. The Morgan fingerprint density at radius 3 is 2.62 bits per heavy atom. The number of aromatic carboxylic acids is 1. The molecule has 0 bridgehead atoms. The molecule has 0 radical (unpaired) electrons. The van der Waals surface area contributed by atoms with Gasteiger partial charge in [-0.15, -0.1) is 0 Å². The third kappa shape index (κ3) is 4.53. The number of hydrogen-bond donors (Lipinski definition) is 2. The first kappa shape index (κ1) is 17.8. The van der Waals surface area contributed by atoms with Crippen molar-refractivity contribution in [1.29, 1.82) is 0 Å². The molecule has 0 fully saturated rings. The lowest BCUT2D eigenvalue weighted by Crippen LogP contribution is -2.23. The standard InChI is InChI=1S/C20H21NO5/c22-19(9-7-15-4-1-2-5-16(15)20(23)24)21-13-14-6-8-17-18(12-14)26-11-3-10-25-17/h1-2,4-6,8,12H,3,7,9-11,13H2,(H,21,22)(H,23,24). The van der Waals surface area contributed by atoms with E-state index in [2.05, 4.69) is 5.32 Å². The second-order valence-electron chi connectivity index (χ2n) is 6.07. The molecule has 2 aromatic carbocycles. The second kappa shape index (κ2) is 8.38. The first-order valence-electron chi connectivity index (χ1n) is 8.60. The number of ether oxygens (including phenoxy) is 2. The summed E-state index contributed by atoms with van der Waals surface area (Å²) in [5, 5.41) is 12.0. The Hall–Kier alpha value is -3.02. The Balaban J connectivity index is 1.53. The van der Waals surface area contributed by atoms with Gasteiger partial charge in [0.2, 0.25) is 5.91 Å². The molecule has 1 heterocycles. The Kier molecular flexibility index (Phi) is 5.73. The molecule has 0 aliphatic carbocycles. The summed E-state index contributed by atoms with van der Waals surface area (Å²) >= 11 is 0. The molecule has 26 heavy (non-hydrogen) atoms. The van der Waals surface area contributed by atoms with Gasteiger partial charge in [-0.3, -0.25) is 4.79 Å². The van der Waals surface area contributed by atoms with Gasteiger partial charge in [0, 0.05) is 19.4 Å². The van der Waals surface area contributed by atoms with Crippen LogP contribution in [0.4, 0.5) is 0 Å². The zero-order chi connectivity index (χ0) is 18.4. The molecular weight excluding hydrogens is 334 g/mol. The molecule has 1 aliphatic rings. The van der Waals surface area contributed by atoms with Crippen LogP contribution in [0.3, 0.4) is 0 Å². The Bertz CT molecular complexity index is 803. The number of amides is 1. The number of carbonyl (C=O) groups is 2. The van der Waals surface area contributed by atoms with Crippen LogP contribution in [0.15, 0.2) is 42.5 Å². The highest BCUT2D eigenvalue weighted by Gasteiger charge is 2.12. The van der Waals surface area contributed by atoms with E-state index in [1.165, 1.54) is 0 Å². The molecule has 136 valence electrons. The van der Waals surface area contributed by atoms with Crippen LogP contribution in [0.25, 0.3) is 0 Å². The molecule has 2 N–H and O–H groups in total. The number of carboxylic acid groups (broad SMARTS) is 1. The van der Waals surface area contributed by atoms with Crippen molar-refractivity contribution < 1.29 is 24.2 Å². The summed E-state index contributed by atoms with van der Waals surface area (Å²) < 4.78 is 11.2. The number of rotatable bonds is 6. The summed E-state index contributed by atoms with van der Waals surface area (Å²) in [6.07, 6.45) is 1.46. The number of aryl methyl sites for hydroxylation is 1. The molecule has 0 aromatic heterocycles. The Morgan fingerprint density at radius 1 is 1.04 bits per heavy atom. The van der Waals surface area contributed by atoms with E-state index in [-0.39, 0.29) is 17.9 Å². The van der Waals surface area contributed by atoms with E-state index in [9.17, 15) is 14.7 Å². The summed E-state index contributed by atoms with van der Waals surface area (Å²) in [6.45, 7) is 1.64. The fourth-order valence-corrected chi connectivity index (χ4v) is 2.80. The van der Waals surface area contributed by atoms with Gasteiger partial charge in [0.05, 0.1) is 18.8 Å². The summed E-state index contributed by atoms with van der Waals surface area (Å²) in [5.74, 6) is 0.318. The van der Waals surface area contributed by atoms with Gasteiger partial charge in [0.1, 0.15) is 0 Å². The molecular formula is C20H21NO5. The largest absolute Gasteiger partial charge is 0.490 e. The minimum absolute atomic E-state index is 0.127. The van der Waals surface area contributed by atoms with Crippen LogP contribution in [0, 0.1) is 0 Å². The molecule has 0 unspecified atom stereocenters. The monoisotopic (exact) mass is 355 g/mol. The van der Waals surface area contributed by atoms with Crippen LogP contribution >= 0.6 is 0 Å². The lowest BCUT2D eigenvalue weighted by molar-refractivity contribution is -0.121. The summed E-state index contributed by atoms with van der Waals surface area (Å²) in [5.41, 5.74) is 1.82. The molecule has 0 spiro atoms. The highest BCUT2D eigenvalue weighted by molar-refractivity contribution is 5.89. The van der Waals surface area contributed by atoms with Gasteiger partial charge in [0.25, 0.3) is 0 Å². The number of nitrogens with one attached hydrogen (secondary N) is 1. The highest BCUT2D eigenvalue weighted by atomic mass is 16.5. The Labute approximate surface area is 151 Å². The minimum atomic E-state index is -0.979. The molecule has 6 heteroatoms. The second-order valence-corrected chi connectivity index (χ2v) is 6.07. The van der Waals surface area contributed by atoms with Crippen molar-refractivity contribution in [3.05, 3.63) is 59.2 Å². The summed E-state index contributed by atoms with van der Waals surface area (Å²) in [6, 6.07) is 12.4. The average molecular weight is 355 g/mol. The quantitative estimate of drug-likeness (QED) is 0.832.